The number of aromatic carboxylic acids is 1. The van der Waals surface area contributed by atoms with Crippen molar-refractivity contribution in [3.05, 3.63) is 35.1 Å². The average molecular weight is 281 g/mol. The van der Waals surface area contributed by atoms with E-state index in [4.69, 9.17) is 9.84 Å². The van der Waals surface area contributed by atoms with Crippen LogP contribution in [0.2, 0.25) is 0 Å². The second kappa shape index (κ2) is 6.81. The van der Waals surface area contributed by atoms with Crippen LogP contribution in [0.5, 0.6) is 0 Å². The zero-order valence-electron chi connectivity index (χ0n) is 11.6. The van der Waals surface area contributed by atoms with E-state index < -0.39 is 5.97 Å². The summed E-state index contributed by atoms with van der Waals surface area (Å²) in [5.74, 6) is -1.37. The second-order valence-electron chi connectivity index (χ2n) is 5.04. The Hall–Kier alpha value is -1.46. The van der Waals surface area contributed by atoms with Crippen molar-refractivity contribution in [1.29, 1.82) is 0 Å². The molecule has 0 aromatic heterocycles. The quantitative estimate of drug-likeness (QED) is 0.901. The smallest absolute Gasteiger partial charge is 0.335 e. The van der Waals surface area contributed by atoms with Crippen LogP contribution >= 0.6 is 0 Å². The first-order valence-corrected chi connectivity index (χ1v) is 6.95. The molecule has 1 aromatic carbocycles. The first kappa shape index (κ1) is 14.9. The molecular formula is C15H20FNO3. The number of carboxylic acid groups (broad SMARTS) is 1. The van der Waals surface area contributed by atoms with Crippen LogP contribution in [0.4, 0.5) is 4.39 Å². The molecule has 1 heterocycles. The highest BCUT2D eigenvalue weighted by Crippen LogP contribution is 2.18. The molecule has 0 saturated carbocycles. The number of likely N-dealkylation sites (tertiary alicyclic amines) is 1. The highest BCUT2D eigenvalue weighted by molar-refractivity contribution is 5.87. The van der Waals surface area contributed by atoms with Gasteiger partial charge in [-0.05, 0) is 38.0 Å². The highest BCUT2D eigenvalue weighted by Gasteiger charge is 2.20. The van der Waals surface area contributed by atoms with E-state index in [2.05, 4.69) is 4.90 Å². The van der Waals surface area contributed by atoms with Crippen molar-refractivity contribution < 1.29 is 19.0 Å². The molecule has 0 unspecified atom stereocenters. The van der Waals surface area contributed by atoms with E-state index in [9.17, 15) is 9.18 Å². The Labute approximate surface area is 118 Å². The lowest BCUT2D eigenvalue weighted by Crippen LogP contribution is -2.36. The molecule has 1 aromatic rings. The molecule has 4 nitrogen and oxygen atoms in total. The minimum Gasteiger partial charge on any atom is -0.478 e. The number of carbonyl (C=O) groups is 1. The molecule has 0 spiro atoms. The summed E-state index contributed by atoms with van der Waals surface area (Å²) < 4.78 is 19.3. The highest BCUT2D eigenvalue weighted by atomic mass is 19.1. The fraction of sp³-hybridized carbons (Fsp3) is 0.533. The maximum Gasteiger partial charge on any atom is 0.335 e. The van der Waals surface area contributed by atoms with Gasteiger partial charge in [0.1, 0.15) is 5.82 Å². The van der Waals surface area contributed by atoms with Crippen molar-refractivity contribution in [2.75, 3.05) is 19.7 Å². The summed E-state index contributed by atoms with van der Waals surface area (Å²) >= 11 is 0. The Bertz CT molecular complexity index is 470. The van der Waals surface area contributed by atoms with Gasteiger partial charge in [-0.3, -0.25) is 4.90 Å². The van der Waals surface area contributed by atoms with Crippen molar-refractivity contribution in [2.45, 2.75) is 32.4 Å². The zero-order valence-corrected chi connectivity index (χ0v) is 11.6. The molecule has 0 atom stereocenters. The summed E-state index contributed by atoms with van der Waals surface area (Å²) in [4.78, 5) is 13.1. The third-order valence-corrected chi connectivity index (χ3v) is 3.62. The largest absolute Gasteiger partial charge is 0.478 e. The van der Waals surface area contributed by atoms with E-state index >= 15 is 0 Å². The Morgan fingerprint density at radius 1 is 1.45 bits per heavy atom. The summed E-state index contributed by atoms with van der Waals surface area (Å²) in [6, 6.07) is 3.94. The molecule has 2 rings (SSSR count). The lowest BCUT2D eigenvalue weighted by atomic mass is 10.1. The molecule has 20 heavy (non-hydrogen) atoms. The van der Waals surface area contributed by atoms with Gasteiger partial charge in [-0.25, -0.2) is 9.18 Å². The van der Waals surface area contributed by atoms with Crippen LogP contribution in [0, 0.1) is 5.82 Å². The van der Waals surface area contributed by atoms with Gasteiger partial charge in [-0.15, -0.1) is 0 Å². The number of carboxylic acids is 1. The van der Waals surface area contributed by atoms with E-state index in [1.54, 1.807) is 0 Å². The van der Waals surface area contributed by atoms with Gasteiger partial charge in [-0.2, -0.15) is 0 Å². The van der Waals surface area contributed by atoms with Crippen molar-refractivity contribution in [3.63, 3.8) is 0 Å². The van der Waals surface area contributed by atoms with Gasteiger partial charge in [0.25, 0.3) is 0 Å². The second-order valence-corrected chi connectivity index (χ2v) is 5.04. The predicted octanol–water partition coefficient (Wildman–Crippen LogP) is 2.52. The van der Waals surface area contributed by atoms with Crippen molar-refractivity contribution in [2.24, 2.45) is 0 Å². The van der Waals surface area contributed by atoms with Crippen LogP contribution in [0.15, 0.2) is 18.2 Å². The van der Waals surface area contributed by atoms with Crippen LogP contribution in [-0.4, -0.2) is 41.8 Å². The monoisotopic (exact) mass is 281 g/mol. The lowest BCUT2D eigenvalue weighted by Gasteiger charge is -2.31. The molecule has 5 heteroatoms. The molecule has 1 aliphatic rings. The molecule has 0 radical (unpaired) electrons. The minimum absolute atomic E-state index is 0.130. The molecule has 110 valence electrons. The van der Waals surface area contributed by atoms with E-state index in [1.807, 2.05) is 6.92 Å². The van der Waals surface area contributed by atoms with Gasteiger partial charge >= 0.3 is 5.97 Å². The normalized spacial score (nSPS) is 17.3. The third kappa shape index (κ3) is 3.77. The fourth-order valence-electron chi connectivity index (χ4n) is 2.54. The van der Waals surface area contributed by atoms with Crippen LogP contribution < -0.4 is 0 Å². The number of piperidine rings is 1. The van der Waals surface area contributed by atoms with Crippen LogP contribution in [0.3, 0.4) is 0 Å². The Morgan fingerprint density at radius 3 is 2.75 bits per heavy atom. The number of hydrogen-bond donors (Lipinski definition) is 1. The molecule has 0 bridgehead atoms. The predicted molar refractivity (Wildman–Crippen MR) is 73.3 cm³/mol. The van der Waals surface area contributed by atoms with Crippen LogP contribution in [0.1, 0.15) is 35.7 Å². The minimum atomic E-state index is -1.03. The van der Waals surface area contributed by atoms with Crippen LogP contribution in [0.25, 0.3) is 0 Å². The van der Waals surface area contributed by atoms with E-state index in [0.29, 0.717) is 18.2 Å². The Balaban J connectivity index is 1.97. The molecule has 0 amide bonds. The SMILES string of the molecule is CCOC1CCN(Cc2cc(C(=O)O)ccc2F)CC1. The number of hydrogen-bond acceptors (Lipinski definition) is 3. The van der Waals surface area contributed by atoms with Gasteiger partial charge in [0, 0.05) is 31.8 Å². The van der Waals surface area contributed by atoms with Gasteiger partial charge < -0.3 is 9.84 Å². The van der Waals surface area contributed by atoms with Crippen molar-refractivity contribution in [1.82, 2.24) is 4.90 Å². The first-order chi connectivity index (χ1) is 9.60. The molecule has 1 N–H and O–H groups in total. The van der Waals surface area contributed by atoms with Crippen LogP contribution in [-0.2, 0) is 11.3 Å². The lowest BCUT2D eigenvalue weighted by molar-refractivity contribution is 0.0123. The molecule has 1 aliphatic heterocycles. The van der Waals surface area contributed by atoms with E-state index in [0.717, 1.165) is 32.5 Å². The molecule has 1 fully saturated rings. The number of halogens is 1. The fourth-order valence-corrected chi connectivity index (χ4v) is 2.54. The number of nitrogens with zero attached hydrogens (tertiary/aromatic N) is 1. The topological polar surface area (TPSA) is 49.8 Å². The Morgan fingerprint density at radius 2 is 2.15 bits per heavy atom. The summed E-state index contributed by atoms with van der Waals surface area (Å²) in [5, 5.41) is 8.95. The number of ether oxygens (including phenoxy) is 1. The number of rotatable bonds is 5. The Kier molecular flexibility index (Phi) is 5.09. The number of benzene rings is 1. The van der Waals surface area contributed by atoms with E-state index in [1.165, 1.54) is 18.2 Å². The molecule has 0 aliphatic carbocycles. The van der Waals surface area contributed by atoms with Gasteiger partial charge in [-0.1, -0.05) is 0 Å². The summed E-state index contributed by atoms with van der Waals surface area (Å²) in [7, 11) is 0. The van der Waals surface area contributed by atoms with Gasteiger partial charge in [0.2, 0.25) is 0 Å². The molecular weight excluding hydrogens is 261 g/mol. The summed E-state index contributed by atoms with van der Waals surface area (Å²) in [6.07, 6.45) is 2.17. The maximum absolute atomic E-state index is 13.7. The van der Waals surface area contributed by atoms with E-state index in [-0.39, 0.29) is 11.4 Å². The average Bonchev–Trinajstić information content (AvgIpc) is 2.43. The summed E-state index contributed by atoms with van der Waals surface area (Å²) in [6.45, 7) is 4.85. The van der Waals surface area contributed by atoms with Crippen molar-refractivity contribution >= 4 is 5.97 Å². The first-order valence-electron chi connectivity index (χ1n) is 6.95. The summed E-state index contributed by atoms with van der Waals surface area (Å²) in [5.41, 5.74) is 0.574. The molecule has 1 saturated heterocycles. The third-order valence-electron chi connectivity index (χ3n) is 3.62. The van der Waals surface area contributed by atoms with Gasteiger partial charge in [0.15, 0.2) is 0 Å². The maximum atomic E-state index is 13.7. The standard InChI is InChI=1S/C15H20FNO3/c1-2-20-13-5-7-17(8-6-13)10-12-9-11(15(18)19)3-4-14(12)16/h3-4,9,13H,2,5-8,10H2,1H3,(H,18,19). The zero-order chi connectivity index (χ0) is 14.5. The van der Waals surface area contributed by atoms with Gasteiger partial charge in [0.05, 0.1) is 11.7 Å². The van der Waals surface area contributed by atoms with Crippen molar-refractivity contribution in [3.8, 4) is 0 Å².